The molecular formula is C21H24N4O4S. The molecule has 0 spiro atoms. The summed E-state index contributed by atoms with van der Waals surface area (Å²) in [6.45, 7) is 4.56. The van der Waals surface area contributed by atoms with Gasteiger partial charge < -0.3 is 14.8 Å². The third-order valence-electron chi connectivity index (χ3n) is 4.26. The van der Waals surface area contributed by atoms with Crippen molar-refractivity contribution in [2.45, 2.75) is 25.5 Å². The van der Waals surface area contributed by atoms with Crippen molar-refractivity contribution >= 4 is 34.4 Å². The number of carbonyl (C=O) groups is 1. The van der Waals surface area contributed by atoms with Gasteiger partial charge in [-0.2, -0.15) is 0 Å². The molecule has 2 aromatic heterocycles. The largest absolute Gasteiger partial charge is 0.497 e. The molecule has 0 bridgehead atoms. The summed E-state index contributed by atoms with van der Waals surface area (Å²) in [6, 6.07) is 8.58. The van der Waals surface area contributed by atoms with E-state index in [0.29, 0.717) is 39.9 Å². The Morgan fingerprint density at radius 2 is 2.03 bits per heavy atom. The van der Waals surface area contributed by atoms with E-state index in [4.69, 9.17) is 9.47 Å². The van der Waals surface area contributed by atoms with Crippen LogP contribution in [0.4, 0.5) is 5.69 Å². The van der Waals surface area contributed by atoms with Gasteiger partial charge in [0.15, 0.2) is 10.8 Å². The number of anilines is 1. The average Bonchev–Trinajstić information content (AvgIpc) is 2.74. The predicted octanol–water partition coefficient (Wildman–Crippen LogP) is 3.20. The Hall–Kier alpha value is -3.07. The first kappa shape index (κ1) is 21.6. The Labute approximate surface area is 178 Å². The molecule has 2 heterocycles. The Morgan fingerprint density at radius 1 is 1.23 bits per heavy atom. The fourth-order valence-electron chi connectivity index (χ4n) is 2.89. The fourth-order valence-corrected chi connectivity index (χ4v) is 3.69. The van der Waals surface area contributed by atoms with Crippen LogP contribution in [0.3, 0.4) is 0 Å². The molecule has 0 aliphatic rings. The summed E-state index contributed by atoms with van der Waals surface area (Å²) in [6.07, 6.45) is 1.60. The second kappa shape index (κ2) is 9.62. The number of carbonyl (C=O) groups excluding carboxylic acids is 1. The number of amides is 1. The van der Waals surface area contributed by atoms with Crippen LogP contribution < -0.4 is 20.3 Å². The van der Waals surface area contributed by atoms with Crippen LogP contribution in [0.15, 0.2) is 46.5 Å². The summed E-state index contributed by atoms with van der Waals surface area (Å²) in [5.74, 6) is 1.21. The quantitative estimate of drug-likeness (QED) is 0.435. The van der Waals surface area contributed by atoms with Gasteiger partial charge >= 0.3 is 0 Å². The van der Waals surface area contributed by atoms with E-state index in [1.165, 1.54) is 18.9 Å². The smallest absolute Gasteiger partial charge is 0.263 e. The molecule has 3 aromatic rings. The SMILES string of the molecule is COc1ccc(NC(=O)CSc2nc3ncccc3c(=O)n2CC(C)C)c(OC)c1. The summed E-state index contributed by atoms with van der Waals surface area (Å²) in [5.41, 5.74) is 0.764. The molecule has 1 aromatic carbocycles. The molecule has 1 N–H and O–H groups in total. The number of methoxy groups -OCH3 is 2. The zero-order valence-corrected chi connectivity index (χ0v) is 18.2. The molecule has 0 saturated heterocycles. The topological polar surface area (TPSA) is 95.3 Å². The number of fused-ring (bicyclic) bond motifs is 1. The van der Waals surface area contributed by atoms with Gasteiger partial charge in [-0.05, 0) is 30.2 Å². The maximum Gasteiger partial charge on any atom is 0.263 e. The Bertz CT molecular complexity index is 1110. The first-order valence-electron chi connectivity index (χ1n) is 9.43. The van der Waals surface area contributed by atoms with Crippen LogP contribution in [0.25, 0.3) is 11.0 Å². The van der Waals surface area contributed by atoms with E-state index in [0.717, 1.165) is 0 Å². The molecule has 0 atom stereocenters. The Kier molecular flexibility index (Phi) is 6.94. The lowest BCUT2D eigenvalue weighted by Gasteiger charge is -2.15. The number of ether oxygens (including phenoxy) is 2. The van der Waals surface area contributed by atoms with Gasteiger partial charge in [0.2, 0.25) is 5.91 Å². The van der Waals surface area contributed by atoms with Crippen molar-refractivity contribution in [3.05, 3.63) is 46.9 Å². The third kappa shape index (κ3) is 4.91. The Morgan fingerprint density at radius 3 is 2.73 bits per heavy atom. The minimum atomic E-state index is -0.241. The maximum atomic E-state index is 12.9. The molecule has 0 radical (unpaired) electrons. The van der Waals surface area contributed by atoms with Gasteiger partial charge in [-0.3, -0.25) is 14.2 Å². The van der Waals surface area contributed by atoms with Gasteiger partial charge in [0.05, 0.1) is 31.0 Å². The molecule has 0 unspecified atom stereocenters. The minimum absolute atomic E-state index is 0.0814. The standard InChI is InChI=1S/C21H24N4O4S/c1-13(2)11-25-20(27)15-6-5-9-22-19(15)24-21(25)30-12-18(26)23-16-8-7-14(28-3)10-17(16)29-4/h5-10,13H,11-12H2,1-4H3,(H,23,26). The summed E-state index contributed by atoms with van der Waals surface area (Å²) < 4.78 is 12.1. The predicted molar refractivity (Wildman–Crippen MR) is 118 cm³/mol. The number of nitrogens with one attached hydrogen (secondary N) is 1. The van der Waals surface area contributed by atoms with Gasteiger partial charge in [-0.15, -0.1) is 0 Å². The lowest BCUT2D eigenvalue weighted by Crippen LogP contribution is -2.26. The third-order valence-corrected chi connectivity index (χ3v) is 5.23. The van der Waals surface area contributed by atoms with E-state index < -0.39 is 0 Å². The van der Waals surface area contributed by atoms with Crippen LogP contribution in [0.2, 0.25) is 0 Å². The van der Waals surface area contributed by atoms with Crippen LogP contribution >= 0.6 is 11.8 Å². The van der Waals surface area contributed by atoms with Gasteiger partial charge in [0.25, 0.3) is 5.56 Å². The summed E-state index contributed by atoms with van der Waals surface area (Å²) >= 11 is 1.20. The van der Waals surface area contributed by atoms with Crippen molar-refractivity contribution in [1.29, 1.82) is 0 Å². The average molecular weight is 429 g/mol. The number of benzene rings is 1. The number of aromatic nitrogens is 3. The van der Waals surface area contributed by atoms with E-state index in [9.17, 15) is 9.59 Å². The highest BCUT2D eigenvalue weighted by atomic mass is 32.2. The lowest BCUT2D eigenvalue weighted by molar-refractivity contribution is -0.113. The van der Waals surface area contributed by atoms with E-state index in [2.05, 4.69) is 15.3 Å². The normalized spacial score (nSPS) is 11.0. The Balaban J connectivity index is 1.81. The van der Waals surface area contributed by atoms with Crippen molar-refractivity contribution in [3.8, 4) is 11.5 Å². The molecular weight excluding hydrogens is 404 g/mol. The van der Waals surface area contributed by atoms with Crippen molar-refractivity contribution in [2.75, 3.05) is 25.3 Å². The second-order valence-electron chi connectivity index (χ2n) is 6.98. The lowest BCUT2D eigenvalue weighted by atomic mass is 10.2. The van der Waals surface area contributed by atoms with Crippen molar-refractivity contribution < 1.29 is 14.3 Å². The van der Waals surface area contributed by atoms with Crippen LogP contribution in [-0.4, -0.2) is 40.4 Å². The molecule has 0 aliphatic carbocycles. The molecule has 30 heavy (non-hydrogen) atoms. The molecule has 9 heteroatoms. The zero-order chi connectivity index (χ0) is 21.7. The molecule has 8 nitrogen and oxygen atoms in total. The summed E-state index contributed by atoms with van der Waals surface area (Å²) in [5, 5.41) is 3.76. The van der Waals surface area contributed by atoms with Crippen molar-refractivity contribution in [2.24, 2.45) is 5.92 Å². The van der Waals surface area contributed by atoms with Gasteiger partial charge in [-0.25, -0.2) is 9.97 Å². The summed E-state index contributed by atoms with van der Waals surface area (Å²) in [4.78, 5) is 34.2. The van der Waals surface area contributed by atoms with Crippen LogP contribution in [0.5, 0.6) is 11.5 Å². The van der Waals surface area contributed by atoms with E-state index in [1.54, 1.807) is 48.2 Å². The maximum absolute atomic E-state index is 12.9. The second-order valence-corrected chi connectivity index (χ2v) is 7.92. The monoisotopic (exact) mass is 428 g/mol. The van der Waals surface area contributed by atoms with E-state index >= 15 is 0 Å². The highest BCUT2D eigenvalue weighted by Gasteiger charge is 2.16. The molecule has 158 valence electrons. The molecule has 1 amide bonds. The molecule has 0 aliphatic heterocycles. The van der Waals surface area contributed by atoms with Crippen molar-refractivity contribution in [3.63, 3.8) is 0 Å². The first-order chi connectivity index (χ1) is 14.4. The fraction of sp³-hybridized carbons (Fsp3) is 0.333. The minimum Gasteiger partial charge on any atom is -0.497 e. The highest BCUT2D eigenvalue weighted by Crippen LogP contribution is 2.29. The molecule has 0 fully saturated rings. The molecule has 3 rings (SSSR count). The number of nitrogens with zero attached hydrogens (tertiary/aromatic N) is 3. The van der Waals surface area contributed by atoms with E-state index in [-0.39, 0.29) is 23.1 Å². The van der Waals surface area contributed by atoms with Gasteiger partial charge in [-0.1, -0.05) is 25.6 Å². The van der Waals surface area contributed by atoms with Gasteiger partial charge in [0.1, 0.15) is 11.5 Å². The molecule has 0 saturated carbocycles. The number of hydrogen-bond donors (Lipinski definition) is 1. The zero-order valence-electron chi connectivity index (χ0n) is 17.3. The number of thioether (sulfide) groups is 1. The van der Waals surface area contributed by atoms with Crippen LogP contribution in [-0.2, 0) is 11.3 Å². The van der Waals surface area contributed by atoms with Crippen LogP contribution in [0, 0.1) is 5.92 Å². The number of pyridine rings is 1. The highest BCUT2D eigenvalue weighted by molar-refractivity contribution is 7.99. The number of rotatable bonds is 8. The van der Waals surface area contributed by atoms with Crippen LogP contribution in [0.1, 0.15) is 13.8 Å². The number of hydrogen-bond acceptors (Lipinski definition) is 7. The van der Waals surface area contributed by atoms with E-state index in [1.807, 2.05) is 13.8 Å². The summed E-state index contributed by atoms with van der Waals surface area (Å²) in [7, 11) is 3.08. The van der Waals surface area contributed by atoms with Crippen molar-refractivity contribution in [1.82, 2.24) is 14.5 Å². The first-order valence-corrected chi connectivity index (χ1v) is 10.4. The van der Waals surface area contributed by atoms with Gasteiger partial charge in [0, 0.05) is 18.8 Å².